The zero-order valence-corrected chi connectivity index (χ0v) is 19.3. The minimum atomic E-state index is -0.0803. The lowest BCUT2D eigenvalue weighted by Gasteiger charge is -2.30. The van der Waals surface area contributed by atoms with E-state index in [0.717, 1.165) is 53.7 Å². The van der Waals surface area contributed by atoms with Crippen molar-refractivity contribution < 1.29 is 4.79 Å². The van der Waals surface area contributed by atoms with Crippen LogP contribution in [0.25, 0.3) is 22.2 Å². The number of aromatic amines is 1. The van der Waals surface area contributed by atoms with Gasteiger partial charge in [0.25, 0.3) is 5.91 Å². The molecule has 6 nitrogen and oxygen atoms in total. The number of hydrogen-bond donors (Lipinski definition) is 3. The van der Waals surface area contributed by atoms with E-state index >= 15 is 0 Å². The van der Waals surface area contributed by atoms with Gasteiger partial charge in [0.2, 0.25) is 0 Å². The zero-order chi connectivity index (χ0) is 22.8. The summed E-state index contributed by atoms with van der Waals surface area (Å²) in [4.78, 5) is 24.5. The number of fused-ring (bicyclic) bond motifs is 1. The molecule has 3 N–H and O–H groups in total. The van der Waals surface area contributed by atoms with E-state index in [0.29, 0.717) is 15.7 Å². The average Bonchev–Trinajstić information content (AvgIpc) is 3.24. The lowest BCUT2D eigenvalue weighted by molar-refractivity contribution is 0.0926. The molecular weight excluding hydrogens is 457 g/mol. The van der Waals surface area contributed by atoms with E-state index in [1.54, 1.807) is 30.5 Å². The number of H-pyrrole nitrogens is 1. The van der Waals surface area contributed by atoms with Gasteiger partial charge in [-0.05, 0) is 73.7 Å². The lowest BCUT2D eigenvalue weighted by Crippen LogP contribution is -2.40. The van der Waals surface area contributed by atoms with E-state index in [1.165, 1.54) is 0 Å². The maximum absolute atomic E-state index is 12.5. The number of anilines is 1. The summed E-state index contributed by atoms with van der Waals surface area (Å²) in [5.41, 5.74) is 3.45. The largest absolute Gasteiger partial charge is 0.367 e. The van der Waals surface area contributed by atoms with E-state index in [2.05, 4.69) is 25.6 Å². The van der Waals surface area contributed by atoms with Gasteiger partial charge in [-0.25, -0.2) is 9.97 Å². The molecule has 0 bridgehead atoms. The van der Waals surface area contributed by atoms with E-state index in [9.17, 15) is 4.79 Å². The number of pyridine rings is 2. The molecule has 0 atom stereocenters. The van der Waals surface area contributed by atoms with Crippen LogP contribution in [0.1, 0.15) is 36.0 Å². The summed E-state index contributed by atoms with van der Waals surface area (Å²) in [6.45, 7) is 0. The van der Waals surface area contributed by atoms with E-state index in [4.69, 9.17) is 23.2 Å². The monoisotopic (exact) mass is 479 g/mol. The molecule has 3 heterocycles. The van der Waals surface area contributed by atoms with Crippen LogP contribution < -0.4 is 10.6 Å². The smallest absolute Gasteiger partial charge is 0.251 e. The number of aromatic nitrogens is 3. The quantitative estimate of drug-likeness (QED) is 0.302. The fraction of sp³-hybridized carbons (Fsp3) is 0.240. The predicted octanol–water partition coefficient (Wildman–Crippen LogP) is 6.08. The third-order valence-electron chi connectivity index (χ3n) is 6.06. The van der Waals surface area contributed by atoms with Gasteiger partial charge in [0.15, 0.2) is 0 Å². The van der Waals surface area contributed by atoms with Crippen molar-refractivity contribution in [1.29, 1.82) is 0 Å². The molecule has 1 aromatic carbocycles. The Morgan fingerprint density at radius 3 is 2.64 bits per heavy atom. The molecule has 5 rings (SSSR count). The topological polar surface area (TPSA) is 82.7 Å². The molecule has 4 aromatic rings. The van der Waals surface area contributed by atoms with Crippen LogP contribution in [0.2, 0.25) is 10.2 Å². The van der Waals surface area contributed by atoms with Gasteiger partial charge in [-0.2, -0.15) is 0 Å². The highest BCUT2D eigenvalue weighted by Crippen LogP contribution is 2.31. The molecule has 0 unspecified atom stereocenters. The van der Waals surface area contributed by atoms with Gasteiger partial charge in [-0.15, -0.1) is 0 Å². The molecule has 1 amide bonds. The molecule has 1 saturated carbocycles. The summed E-state index contributed by atoms with van der Waals surface area (Å²) < 4.78 is 0. The Bertz CT molecular complexity index is 1300. The lowest BCUT2D eigenvalue weighted by atomic mass is 9.91. The third-order valence-corrected chi connectivity index (χ3v) is 6.49. The van der Waals surface area contributed by atoms with E-state index < -0.39 is 0 Å². The highest BCUT2D eigenvalue weighted by molar-refractivity contribution is 6.31. The zero-order valence-electron chi connectivity index (χ0n) is 17.8. The second-order valence-electron chi connectivity index (χ2n) is 8.34. The van der Waals surface area contributed by atoms with Crippen molar-refractivity contribution in [3.05, 3.63) is 76.7 Å². The van der Waals surface area contributed by atoms with E-state index in [1.807, 2.05) is 30.5 Å². The average molecular weight is 480 g/mol. The maximum Gasteiger partial charge on any atom is 0.251 e. The number of carbonyl (C=O) groups is 1. The van der Waals surface area contributed by atoms with Gasteiger partial charge < -0.3 is 15.6 Å². The van der Waals surface area contributed by atoms with Crippen LogP contribution in [0.4, 0.5) is 5.82 Å². The highest BCUT2D eigenvalue weighted by atomic mass is 35.5. The Kier molecular flexibility index (Phi) is 6.20. The third kappa shape index (κ3) is 4.97. The van der Waals surface area contributed by atoms with Crippen molar-refractivity contribution in [2.75, 3.05) is 5.32 Å². The van der Waals surface area contributed by atoms with Crippen LogP contribution in [0.15, 0.2) is 60.9 Å². The van der Waals surface area contributed by atoms with Gasteiger partial charge in [0.1, 0.15) is 16.6 Å². The number of halogens is 2. The number of amides is 1. The number of nitrogens with one attached hydrogen (secondary N) is 3. The summed E-state index contributed by atoms with van der Waals surface area (Å²) in [7, 11) is 0. The molecule has 0 saturated heterocycles. The summed E-state index contributed by atoms with van der Waals surface area (Å²) in [5, 5.41) is 8.71. The molecule has 0 radical (unpaired) electrons. The summed E-state index contributed by atoms with van der Waals surface area (Å²) in [5.74, 6) is 0.672. The van der Waals surface area contributed by atoms with Crippen molar-refractivity contribution >= 4 is 46.0 Å². The van der Waals surface area contributed by atoms with Crippen molar-refractivity contribution in [2.24, 2.45) is 0 Å². The van der Waals surface area contributed by atoms with Crippen LogP contribution in [0.5, 0.6) is 0 Å². The highest BCUT2D eigenvalue weighted by Gasteiger charge is 2.23. The summed E-state index contributed by atoms with van der Waals surface area (Å²) in [6.07, 6.45) is 7.36. The number of nitrogens with zero attached hydrogens (tertiary/aromatic N) is 2. The van der Waals surface area contributed by atoms with Crippen molar-refractivity contribution in [3.8, 4) is 11.1 Å². The summed E-state index contributed by atoms with van der Waals surface area (Å²) in [6, 6.07) is 15.3. The normalized spacial score (nSPS) is 18.2. The van der Waals surface area contributed by atoms with Gasteiger partial charge in [-0.1, -0.05) is 29.3 Å². The number of benzene rings is 1. The molecule has 33 heavy (non-hydrogen) atoms. The number of carbonyl (C=O) groups excluding carboxylic acids is 1. The minimum Gasteiger partial charge on any atom is -0.367 e. The molecular formula is C25H23Cl2N5O. The first-order valence-corrected chi connectivity index (χ1v) is 11.7. The Morgan fingerprint density at radius 2 is 1.82 bits per heavy atom. The SMILES string of the molecule is O=C(N[C@H]1CC[C@H](Nc2cc(-c3c[nH]c4ncccc34)cc(Cl)n2)CC1)c1cccc(Cl)c1. The van der Waals surface area contributed by atoms with Crippen molar-refractivity contribution in [3.63, 3.8) is 0 Å². The Labute approximate surface area is 201 Å². The Hall–Kier alpha value is -3.09. The van der Waals surface area contributed by atoms with Gasteiger partial charge in [0, 0.05) is 46.0 Å². The first kappa shape index (κ1) is 21.7. The molecule has 168 valence electrons. The first-order valence-electron chi connectivity index (χ1n) is 11.0. The predicted molar refractivity (Wildman–Crippen MR) is 133 cm³/mol. The first-order chi connectivity index (χ1) is 16.0. The molecule has 1 fully saturated rings. The molecule has 8 heteroatoms. The van der Waals surface area contributed by atoms with Crippen LogP contribution in [0, 0.1) is 0 Å². The standard InChI is InChI=1S/C25H23Cl2N5O/c26-17-4-1-3-15(11-17)25(33)31-19-8-6-18(7-9-19)30-23-13-16(12-22(27)32-23)21-14-29-24-20(21)5-2-10-28-24/h1-5,10-14,18-19H,6-9H2,(H,28,29)(H,30,32)(H,31,33)/t18-,19-. The molecule has 3 aromatic heterocycles. The molecule has 1 aliphatic carbocycles. The van der Waals surface area contributed by atoms with Crippen molar-refractivity contribution in [2.45, 2.75) is 37.8 Å². The van der Waals surface area contributed by atoms with E-state index in [-0.39, 0.29) is 18.0 Å². The summed E-state index contributed by atoms with van der Waals surface area (Å²) >= 11 is 12.4. The fourth-order valence-corrected chi connectivity index (χ4v) is 4.81. The fourth-order valence-electron chi connectivity index (χ4n) is 4.41. The van der Waals surface area contributed by atoms with Crippen LogP contribution in [-0.4, -0.2) is 32.9 Å². The van der Waals surface area contributed by atoms with Gasteiger partial charge in [0.05, 0.1) is 0 Å². The molecule has 0 aliphatic heterocycles. The Balaban J connectivity index is 1.23. The number of rotatable bonds is 5. The van der Waals surface area contributed by atoms with Gasteiger partial charge >= 0.3 is 0 Å². The second kappa shape index (κ2) is 9.41. The molecule has 1 aliphatic rings. The Morgan fingerprint density at radius 1 is 1.00 bits per heavy atom. The van der Waals surface area contributed by atoms with Crippen LogP contribution >= 0.6 is 23.2 Å². The number of hydrogen-bond acceptors (Lipinski definition) is 4. The van der Waals surface area contributed by atoms with Gasteiger partial charge in [-0.3, -0.25) is 4.79 Å². The van der Waals surface area contributed by atoms with Crippen LogP contribution in [0.3, 0.4) is 0 Å². The second-order valence-corrected chi connectivity index (χ2v) is 9.17. The minimum absolute atomic E-state index is 0.0803. The van der Waals surface area contributed by atoms with Crippen LogP contribution in [-0.2, 0) is 0 Å². The maximum atomic E-state index is 12.5. The van der Waals surface area contributed by atoms with Crippen molar-refractivity contribution in [1.82, 2.24) is 20.3 Å². The molecule has 0 spiro atoms.